The van der Waals surface area contributed by atoms with Crippen LogP contribution < -0.4 is 9.88 Å². The molecule has 0 atom stereocenters. The maximum Gasteiger partial charge on any atom is 0.224 e. The molecule has 0 aliphatic heterocycles. The molecule has 0 unspecified atom stereocenters. The Morgan fingerprint density at radius 3 is 2.57 bits per heavy atom. The molecule has 1 N–H and O–H groups in total. The first-order valence-electron chi connectivity index (χ1n) is 6.84. The lowest BCUT2D eigenvalue weighted by molar-refractivity contribution is -0.697. The summed E-state index contributed by atoms with van der Waals surface area (Å²) >= 11 is 11.8. The Balaban J connectivity index is 1.72. The number of nitrogens with one attached hydrogen (secondary N) is 1. The quantitative estimate of drug-likeness (QED) is 0.630. The molecule has 110 valence electrons. The van der Waals surface area contributed by atoms with Gasteiger partial charge in [0.15, 0.2) is 12.4 Å². The van der Waals surface area contributed by atoms with Crippen LogP contribution in [0.25, 0.3) is 0 Å². The number of hydrogen-bond donors (Lipinski definition) is 1. The SMILES string of the molecule is O=C(CCCC[n+]1ccccc1)Nc1ccc(Cl)cc1Cl. The van der Waals surface area contributed by atoms with Crippen LogP contribution in [0.3, 0.4) is 0 Å². The Hall–Kier alpha value is -1.58. The number of halogens is 2. The van der Waals surface area contributed by atoms with Crippen LogP contribution in [0.5, 0.6) is 0 Å². The van der Waals surface area contributed by atoms with Gasteiger partial charge in [0.25, 0.3) is 0 Å². The van der Waals surface area contributed by atoms with Crippen molar-refractivity contribution in [3.05, 3.63) is 58.8 Å². The normalized spacial score (nSPS) is 10.4. The van der Waals surface area contributed by atoms with Gasteiger partial charge >= 0.3 is 0 Å². The third kappa shape index (κ3) is 5.37. The highest BCUT2D eigenvalue weighted by Crippen LogP contribution is 2.25. The maximum atomic E-state index is 11.9. The third-order valence-corrected chi connectivity index (χ3v) is 3.60. The van der Waals surface area contributed by atoms with E-state index in [2.05, 4.69) is 9.88 Å². The van der Waals surface area contributed by atoms with Gasteiger partial charge in [0.2, 0.25) is 5.91 Å². The standard InChI is InChI=1S/C16H16Cl2N2O/c17-13-7-8-15(14(18)12-13)19-16(21)6-2-5-11-20-9-3-1-4-10-20/h1,3-4,7-10,12H,2,5-6,11H2/p+1. The van der Waals surface area contributed by atoms with E-state index in [9.17, 15) is 4.79 Å². The maximum absolute atomic E-state index is 11.9. The van der Waals surface area contributed by atoms with Crippen LogP contribution in [-0.4, -0.2) is 5.91 Å². The smallest absolute Gasteiger partial charge is 0.224 e. The van der Waals surface area contributed by atoms with Crippen LogP contribution in [0.2, 0.25) is 10.0 Å². The number of carbonyl (C=O) groups excluding carboxylic acids is 1. The zero-order valence-electron chi connectivity index (χ0n) is 11.6. The van der Waals surface area contributed by atoms with Crippen molar-refractivity contribution >= 4 is 34.8 Å². The Morgan fingerprint density at radius 1 is 1.10 bits per heavy atom. The van der Waals surface area contributed by atoms with E-state index in [4.69, 9.17) is 23.2 Å². The summed E-state index contributed by atoms with van der Waals surface area (Å²) in [6, 6.07) is 11.0. The van der Waals surface area contributed by atoms with Gasteiger partial charge in [-0.05, 0) is 24.6 Å². The van der Waals surface area contributed by atoms with Crippen molar-refractivity contribution in [3.8, 4) is 0 Å². The largest absolute Gasteiger partial charge is 0.325 e. The Morgan fingerprint density at radius 2 is 1.86 bits per heavy atom. The third-order valence-electron chi connectivity index (χ3n) is 3.05. The average Bonchev–Trinajstić information content (AvgIpc) is 2.48. The zero-order valence-corrected chi connectivity index (χ0v) is 13.1. The fourth-order valence-electron chi connectivity index (χ4n) is 1.97. The highest BCUT2D eigenvalue weighted by Gasteiger charge is 2.07. The van der Waals surface area contributed by atoms with Crippen LogP contribution in [0.15, 0.2) is 48.8 Å². The van der Waals surface area contributed by atoms with E-state index < -0.39 is 0 Å². The van der Waals surface area contributed by atoms with Crippen LogP contribution in [-0.2, 0) is 11.3 Å². The molecule has 0 saturated carbocycles. The predicted octanol–water partition coefficient (Wildman–Crippen LogP) is 4.09. The monoisotopic (exact) mass is 323 g/mol. The van der Waals surface area contributed by atoms with Gasteiger partial charge in [0.1, 0.15) is 6.54 Å². The van der Waals surface area contributed by atoms with E-state index in [-0.39, 0.29) is 5.91 Å². The van der Waals surface area contributed by atoms with E-state index in [1.54, 1.807) is 18.2 Å². The minimum Gasteiger partial charge on any atom is -0.325 e. The highest BCUT2D eigenvalue weighted by molar-refractivity contribution is 6.36. The molecule has 0 aliphatic rings. The van der Waals surface area contributed by atoms with E-state index in [1.165, 1.54) is 0 Å². The number of amides is 1. The summed E-state index contributed by atoms with van der Waals surface area (Å²) in [5.41, 5.74) is 0.600. The molecular formula is C16H17Cl2N2O+. The van der Waals surface area contributed by atoms with Crippen LogP contribution in [0, 0.1) is 0 Å². The number of benzene rings is 1. The molecule has 0 bridgehead atoms. The van der Waals surface area contributed by atoms with Crippen molar-refractivity contribution in [2.75, 3.05) is 5.32 Å². The zero-order chi connectivity index (χ0) is 15.1. The fourth-order valence-corrected chi connectivity index (χ4v) is 2.42. The van der Waals surface area contributed by atoms with Gasteiger partial charge in [-0.3, -0.25) is 4.79 Å². The van der Waals surface area contributed by atoms with Gasteiger partial charge in [0, 0.05) is 30.0 Å². The molecule has 0 fully saturated rings. The Labute approximate surface area is 134 Å². The van der Waals surface area contributed by atoms with Crippen molar-refractivity contribution in [3.63, 3.8) is 0 Å². The number of aryl methyl sites for hydroxylation is 1. The van der Waals surface area contributed by atoms with Crippen molar-refractivity contribution in [1.82, 2.24) is 0 Å². The number of hydrogen-bond acceptors (Lipinski definition) is 1. The first-order valence-corrected chi connectivity index (χ1v) is 7.60. The second-order valence-corrected chi connectivity index (χ2v) is 5.59. The van der Waals surface area contributed by atoms with Crippen LogP contribution in [0.1, 0.15) is 19.3 Å². The fraction of sp³-hybridized carbons (Fsp3) is 0.250. The molecule has 2 rings (SSSR count). The van der Waals surface area contributed by atoms with E-state index >= 15 is 0 Å². The average molecular weight is 324 g/mol. The molecule has 3 nitrogen and oxygen atoms in total. The molecule has 2 aromatic rings. The van der Waals surface area contributed by atoms with Crippen LogP contribution in [0.4, 0.5) is 5.69 Å². The van der Waals surface area contributed by atoms with Gasteiger partial charge < -0.3 is 5.32 Å². The molecule has 0 spiro atoms. The van der Waals surface area contributed by atoms with Gasteiger partial charge in [-0.15, -0.1) is 0 Å². The second kappa shape index (κ2) is 8.01. The lowest BCUT2D eigenvalue weighted by Gasteiger charge is -2.07. The topological polar surface area (TPSA) is 33.0 Å². The summed E-state index contributed by atoms with van der Waals surface area (Å²) in [4.78, 5) is 11.9. The summed E-state index contributed by atoms with van der Waals surface area (Å²) in [5.74, 6) is -0.0303. The molecule has 0 radical (unpaired) electrons. The van der Waals surface area contributed by atoms with Gasteiger partial charge in [0.05, 0.1) is 10.7 Å². The van der Waals surface area contributed by atoms with Gasteiger partial charge in [-0.25, -0.2) is 4.57 Å². The first kappa shape index (κ1) is 15.8. The lowest BCUT2D eigenvalue weighted by atomic mass is 10.2. The van der Waals surface area contributed by atoms with Crippen molar-refractivity contribution in [2.45, 2.75) is 25.8 Å². The summed E-state index contributed by atoms with van der Waals surface area (Å²) in [6.45, 7) is 0.913. The highest BCUT2D eigenvalue weighted by atomic mass is 35.5. The van der Waals surface area contributed by atoms with Crippen molar-refractivity contribution in [2.24, 2.45) is 0 Å². The minimum absolute atomic E-state index is 0.0303. The minimum atomic E-state index is -0.0303. The van der Waals surface area contributed by atoms with Gasteiger partial charge in [-0.1, -0.05) is 29.3 Å². The first-order chi connectivity index (χ1) is 10.1. The van der Waals surface area contributed by atoms with Crippen molar-refractivity contribution < 1.29 is 9.36 Å². The van der Waals surface area contributed by atoms with E-state index in [0.717, 1.165) is 19.4 Å². The molecule has 0 saturated heterocycles. The van der Waals surface area contributed by atoms with Crippen LogP contribution >= 0.6 is 23.2 Å². The Bertz CT molecular complexity index is 602. The number of anilines is 1. The molecule has 1 aromatic heterocycles. The lowest BCUT2D eigenvalue weighted by Crippen LogP contribution is -2.32. The number of aromatic nitrogens is 1. The number of nitrogens with zero attached hydrogens (tertiary/aromatic N) is 1. The van der Waals surface area contributed by atoms with E-state index in [0.29, 0.717) is 22.2 Å². The second-order valence-electron chi connectivity index (χ2n) is 4.74. The molecule has 5 heteroatoms. The summed E-state index contributed by atoms with van der Waals surface area (Å²) in [7, 11) is 0. The molecular weight excluding hydrogens is 307 g/mol. The predicted molar refractivity (Wildman–Crippen MR) is 85.6 cm³/mol. The number of unbranched alkanes of at least 4 members (excludes halogenated alkanes) is 1. The Kier molecular flexibility index (Phi) is 6.03. The van der Waals surface area contributed by atoms with Gasteiger partial charge in [-0.2, -0.15) is 0 Å². The number of carbonyl (C=O) groups is 1. The summed E-state index contributed by atoms with van der Waals surface area (Å²) in [5, 5.41) is 3.81. The molecule has 1 aromatic carbocycles. The molecule has 1 amide bonds. The molecule has 0 aliphatic carbocycles. The van der Waals surface area contributed by atoms with Crippen molar-refractivity contribution in [1.29, 1.82) is 0 Å². The summed E-state index contributed by atoms with van der Waals surface area (Å²) < 4.78 is 2.11. The van der Waals surface area contributed by atoms with E-state index in [1.807, 2.05) is 30.6 Å². The summed E-state index contributed by atoms with van der Waals surface area (Å²) in [6.07, 6.45) is 6.31. The number of rotatable bonds is 6. The number of pyridine rings is 1. The molecule has 1 heterocycles. The molecule has 21 heavy (non-hydrogen) atoms.